The molecule has 1 saturated heterocycles. The number of pyridine rings is 1. The maximum Gasteiger partial charge on any atom is 0.241 e. The molecule has 1 N–H and O–H groups in total. The number of aryl methyl sites for hydroxylation is 1. The molecule has 0 aliphatic carbocycles. The molecule has 6 heteroatoms. The molecular weight excluding hydrogens is 258 g/mol. The predicted molar refractivity (Wildman–Crippen MR) is 76.0 cm³/mol. The van der Waals surface area contributed by atoms with Gasteiger partial charge in [-0.2, -0.15) is 0 Å². The Labute approximate surface area is 119 Å². The van der Waals surface area contributed by atoms with Crippen molar-refractivity contribution >= 4 is 11.6 Å². The molecule has 0 spiro atoms. The number of anilines is 1. The number of amides is 1. The summed E-state index contributed by atoms with van der Waals surface area (Å²) in [6.07, 6.45) is 2.51. The van der Waals surface area contributed by atoms with E-state index in [9.17, 15) is 4.79 Å². The van der Waals surface area contributed by atoms with Crippen LogP contribution in [0.25, 0.3) is 0 Å². The van der Waals surface area contributed by atoms with Crippen LogP contribution in [0.2, 0.25) is 0 Å². The summed E-state index contributed by atoms with van der Waals surface area (Å²) in [6.45, 7) is 2.68. The van der Waals surface area contributed by atoms with Gasteiger partial charge in [-0.25, -0.2) is 4.98 Å². The van der Waals surface area contributed by atoms with Crippen molar-refractivity contribution in [3.63, 3.8) is 0 Å². The summed E-state index contributed by atoms with van der Waals surface area (Å²) in [5.74, 6) is 0.366. The highest BCUT2D eigenvalue weighted by molar-refractivity contribution is 5.96. The summed E-state index contributed by atoms with van der Waals surface area (Å²) >= 11 is 0. The number of nitrogens with zero attached hydrogens (tertiary/aromatic N) is 2. The Morgan fingerprint density at radius 1 is 1.50 bits per heavy atom. The minimum absolute atomic E-state index is 0.0576. The number of ether oxygens (including phenoxy) is 2. The first-order chi connectivity index (χ1) is 9.55. The van der Waals surface area contributed by atoms with E-state index < -0.39 is 0 Å². The third-order valence-electron chi connectivity index (χ3n) is 3.58. The van der Waals surface area contributed by atoms with E-state index >= 15 is 0 Å². The first-order valence-electron chi connectivity index (χ1n) is 6.59. The van der Waals surface area contributed by atoms with Gasteiger partial charge in [0.1, 0.15) is 5.69 Å². The second-order valence-corrected chi connectivity index (χ2v) is 5.11. The van der Waals surface area contributed by atoms with Crippen LogP contribution in [0.3, 0.4) is 0 Å². The highest BCUT2D eigenvalue weighted by Crippen LogP contribution is 2.24. The summed E-state index contributed by atoms with van der Waals surface area (Å²) in [7, 11) is 5.14. The van der Waals surface area contributed by atoms with Gasteiger partial charge in [-0.1, -0.05) is 0 Å². The Balaban J connectivity index is 2.10. The number of hydrogen-bond acceptors (Lipinski definition) is 5. The lowest BCUT2D eigenvalue weighted by atomic mass is 10.2. The topological polar surface area (TPSA) is 63.7 Å². The van der Waals surface area contributed by atoms with Crippen LogP contribution in [0, 0.1) is 6.92 Å². The van der Waals surface area contributed by atoms with Gasteiger partial charge < -0.3 is 14.8 Å². The van der Waals surface area contributed by atoms with Gasteiger partial charge in [0.2, 0.25) is 11.8 Å². The van der Waals surface area contributed by atoms with Crippen molar-refractivity contribution < 1.29 is 14.3 Å². The summed E-state index contributed by atoms with van der Waals surface area (Å²) in [5, 5.41) is 2.90. The Morgan fingerprint density at radius 2 is 2.25 bits per heavy atom. The van der Waals surface area contributed by atoms with Crippen molar-refractivity contribution in [3.8, 4) is 5.88 Å². The molecule has 0 aromatic carbocycles. The zero-order valence-corrected chi connectivity index (χ0v) is 12.3. The first kappa shape index (κ1) is 14.7. The van der Waals surface area contributed by atoms with Crippen molar-refractivity contribution in [1.82, 2.24) is 9.88 Å². The maximum absolute atomic E-state index is 12.4. The van der Waals surface area contributed by atoms with E-state index in [0.717, 1.165) is 12.1 Å². The lowest BCUT2D eigenvalue weighted by molar-refractivity contribution is -0.120. The predicted octanol–water partition coefficient (Wildman–Crippen LogP) is 1.06. The van der Waals surface area contributed by atoms with Crippen LogP contribution in [0.4, 0.5) is 5.69 Å². The fourth-order valence-corrected chi connectivity index (χ4v) is 2.45. The van der Waals surface area contributed by atoms with Crippen LogP contribution >= 0.6 is 0 Å². The number of rotatable bonds is 4. The van der Waals surface area contributed by atoms with Crippen LogP contribution < -0.4 is 10.1 Å². The summed E-state index contributed by atoms with van der Waals surface area (Å²) in [4.78, 5) is 18.5. The summed E-state index contributed by atoms with van der Waals surface area (Å²) < 4.78 is 10.5. The standard InChI is InChI=1S/C14H21N3O3/c1-9-5-11(14(20-4)15-7-9)16-13(18)12-6-10(19-3)8-17(12)2/h5,7,10,12H,6,8H2,1-4H3,(H,16,18)/t10-,12-/m0/s1. The van der Waals surface area contributed by atoms with E-state index in [-0.39, 0.29) is 18.1 Å². The van der Waals surface area contributed by atoms with Crippen molar-refractivity contribution in [2.24, 2.45) is 0 Å². The second-order valence-electron chi connectivity index (χ2n) is 5.11. The van der Waals surface area contributed by atoms with Crippen LogP contribution in [0.15, 0.2) is 12.3 Å². The zero-order valence-electron chi connectivity index (χ0n) is 12.3. The molecule has 6 nitrogen and oxygen atoms in total. The van der Waals surface area contributed by atoms with Gasteiger partial charge in [0.15, 0.2) is 0 Å². The molecule has 0 unspecified atom stereocenters. The molecule has 0 saturated carbocycles. The minimum atomic E-state index is -0.190. The molecule has 0 bridgehead atoms. The molecule has 1 aliphatic heterocycles. The SMILES string of the molecule is COc1ncc(C)cc1NC(=O)[C@@H]1C[C@H](OC)CN1C. The summed E-state index contributed by atoms with van der Waals surface area (Å²) in [6, 6.07) is 1.66. The molecule has 0 radical (unpaired) electrons. The van der Waals surface area contributed by atoms with Gasteiger partial charge in [0.05, 0.1) is 19.3 Å². The van der Waals surface area contributed by atoms with Gasteiger partial charge in [-0.15, -0.1) is 0 Å². The third kappa shape index (κ3) is 3.08. The van der Waals surface area contributed by atoms with Crippen molar-refractivity contribution in [3.05, 3.63) is 17.8 Å². The number of carbonyl (C=O) groups is 1. The lowest BCUT2D eigenvalue weighted by Gasteiger charge is -2.19. The number of methoxy groups -OCH3 is 2. The van der Waals surface area contributed by atoms with Gasteiger partial charge in [0, 0.05) is 19.9 Å². The minimum Gasteiger partial charge on any atom is -0.480 e. The number of nitrogens with one attached hydrogen (secondary N) is 1. The average Bonchev–Trinajstić information content (AvgIpc) is 2.80. The number of likely N-dealkylation sites (N-methyl/N-ethyl adjacent to an activating group) is 1. The Bertz CT molecular complexity index is 493. The van der Waals surface area contributed by atoms with Crippen molar-refractivity contribution in [2.75, 3.05) is 33.1 Å². The molecule has 1 amide bonds. The van der Waals surface area contributed by atoms with Gasteiger partial charge in [-0.05, 0) is 32.0 Å². The van der Waals surface area contributed by atoms with Gasteiger partial charge in [0.25, 0.3) is 0 Å². The second kappa shape index (κ2) is 6.19. The van der Waals surface area contributed by atoms with E-state index in [1.165, 1.54) is 7.11 Å². The molecule has 1 aliphatic rings. The molecule has 110 valence electrons. The fourth-order valence-electron chi connectivity index (χ4n) is 2.45. The molecule has 1 fully saturated rings. The third-order valence-corrected chi connectivity index (χ3v) is 3.58. The number of likely N-dealkylation sites (tertiary alicyclic amines) is 1. The quantitative estimate of drug-likeness (QED) is 0.892. The van der Waals surface area contributed by atoms with E-state index in [0.29, 0.717) is 18.0 Å². The monoisotopic (exact) mass is 279 g/mol. The number of hydrogen-bond donors (Lipinski definition) is 1. The molecule has 20 heavy (non-hydrogen) atoms. The highest BCUT2D eigenvalue weighted by atomic mass is 16.5. The molecule has 2 heterocycles. The normalized spacial score (nSPS) is 22.8. The van der Waals surface area contributed by atoms with Crippen LogP contribution in [0.1, 0.15) is 12.0 Å². The number of aromatic nitrogens is 1. The molecule has 1 aromatic heterocycles. The van der Waals surface area contributed by atoms with Crippen molar-refractivity contribution in [2.45, 2.75) is 25.5 Å². The fraction of sp³-hybridized carbons (Fsp3) is 0.571. The van der Waals surface area contributed by atoms with Gasteiger partial charge >= 0.3 is 0 Å². The smallest absolute Gasteiger partial charge is 0.241 e. The van der Waals surface area contributed by atoms with Crippen LogP contribution in [-0.4, -0.2) is 55.7 Å². The van der Waals surface area contributed by atoms with E-state index in [4.69, 9.17) is 9.47 Å². The Hall–Kier alpha value is -1.66. The Kier molecular flexibility index (Phi) is 4.57. The van der Waals surface area contributed by atoms with Crippen molar-refractivity contribution in [1.29, 1.82) is 0 Å². The first-order valence-corrected chi connectivity index (χ1v) is 6.59. The summed E-state index contributed by atoms with van der Waals surface area (Å²) in [5.41, 5.74) is 1.57. The largest absolute Gasteiger partial charge is 0.480 e. The zero-order chi connectivity index (χ0) is 14.7. The number of carbonyl (C=O) groups excluding carboxylic acids is 1. The molecular formula is C14H21N3O3. The van der Waals surface area contributed by atoms with E-state index in [2.05, 4.69) is 10.3 Å². The molecule has 2 atom stereocenters. The van der Waals surface area contributed by atoms with Crippen LogP contribution in [0.5, 0.6) is 5.88 Å². The Morgan fingerprint density at radius 3 is 2.85 bits per heavy atom. The van der Waals surface area contributed by atoms with Crippen LogP contribution in [-0.2, 0) is 9.53 Å². The van der Waals surface area contributed by atoms with E-state index in [1.807, 2.05) is 24.9 Å². The molecule has 1 aromatic rings. The average molecular weight is 279 g/mol. The lowest BCUT2D eigenvalue weighted by Crippen LogP contribution is -2.37. The highest BCUT2D eigenvalue weighted by Gasteiger charge is 2.34. The van der Waals surface area contributed by atoms with Gasteiger partial charge in [-0.3, -0.25) is 9.69 Å². The maximum atomic E-state index is 12.4. The van der Waals surface area contributed by atoms with E-state index in [1.54, 1.807) is 13.3 Å². The molecule has 2 rings (SSSR count).